The van der Waals surface area contributed by atoms with Crippen molar-refractivity contribution in [3.05, 3.63) is 97.6 Å². The van der Waals surface area contributed by atoms with E-state index in [1.165, 1.54) is 10.6 Å². The largest absolute Gasteiger partial charge is 0.458 e. The van der Waals surface area contributed by atoms with Crippen molar-refractivity contribution in [2.75, 3.05) is 198 Å². The molecule has 4 heterocycles. The molecule has 3 aliphatic carbocycles. The summed E-state index contributed by atoms with van der Waals surface area (Å²) >= 11 is 0. The standard InChI is InChI=1S/C81H112FN9O24/c1-3-81(101)63-47-68-76-60(52-91(68)78(98)62(63)54-114-79(81)99)75-65(18-17-57-55(2)64(82)48-66(90-76)74(57)75)88-70(93)16-11-20-83-71(94)50-87-77(97)67(46-56-12-7-6-8-13-56)89-73(96)51-86-72(95)49-85-69(92)19-22-102-24-26-104-28-30-106-32-34-108-36-38-110-40-42-112-44-45-113-43-41-111-39-37-109-35-33-107-31-29-105-27-25-103-23-21-84-80(100)115-53-61-58-14-9-4-5-10-15-59(58)61/h6-8,12-13,47-48,58-59,61,65,67,101H,3,9-11,14-46,49-54H2,1-2H3,(H,83,94)(H,84,100)(H,85,92)(H,86,95)(H,87,97)(H,88,93)(H,89,96)/t58?,59?,61?,65-,67+,81-/m0/s1. The van der Waals surface area contributed by atoms with E-state index in [0.29, 0.717) is 227 Å². The number of carbonyl (C=O) groups excluding carboxylic acids is 8. The summed E-state index contributed by atoms with van der Waals surface area (Å²) in [6.07, 6.45) is 4.75. The summed E-state index contributed by atoms with van der Waals surface area (Å²) in [5.74, 6) is 3.48. The number of nitrogens with zero attached hydrogens (tertiary/aromatic N) is 2. The number of aliphatic hydroxyl groups is 1. The molecule has 0 radical (unpaired) electrons. The Balaban J connectivity index is 0.506. The van der Waals surface area contributed by atoms with Gasteiger partial charge >= 0.3 is 12.1 Å². The first-order valence-corrected chi connectivity index (χ1v) is 39.9. The number of nitrogens with one attached hydrogen (secondary N) is 7. The summed E-state index contributed by atoms with van der Waals surface area (Å²) in [6.45, 7) is 12.0. The Morgan fingerprint density at radius 1 is 0.600 bits per heavy atom. The van der Waals surface area contributed by atoms with Gasteiger partial charge < -0.3 is 113 Å². The molecule has 632 valence electrons. The molecular weight excluding hydrogens is 1500 g/mol. The van der Waals surface area contributed by atoms with E-state index in [1.807, 2.05) is 0 Å². The van der Waals surface area contributed by atoms with E-state index >= 15 is 4.39 Å². The Hall–Kier alpha value is -8.67. The van der Waals surface area contributed by atoms with Crippen molar-refractivity contribution in [3.8, 4) is 23.2 Å². The second-order valence-electron chi connectivity index (χ2n) is 28.1. The zero-order chi connectivity index (χ0) is 81.4. The zero-order valence-electron chi connectivity index (χ0n) is 65.9. The summed E-state index contributed by atoms with van der Waals surface area (Å²) in [5.41, 5.74) is 2.12. The summed E-state index contributed by atoms with van der Waals surface area (Å²) in [7, 11) is 0. The second-order valence-corrected chi connectivity index (χ2v) is 28.1. The molecule has 2 unspecified atom stereocenters. The molecule has 5 atom stereocenters. The predicted octanol–water partition coefficient (Wildman–Crippen LogP) is 2.36. The van der Waals surface area contributed by atoms with Gasteiger partial charge in [0, 0.05) is 67.8 Å². The number of pyridine rings is 2. The molecule has 1 saturated carbocycles. The molecule has 0 bridgehead atoms. The molecule has 34 heteroatoms. The summed E-state index contributed by atoms with van der Waals surface area (Å²) in [5, 5.41) is 30.7. The van der Waals surface area contributed by atoms with E-state index in [1.54, 1.807) is 50.2 Å². The quantitative estimate of drug-likeness (QED) is 0.0157. The van der Waals surface area contributed by atoms with E-state index in [-0.39, 0.29) is 88.7 Å². The molecular formula is C81H112FN9O24. The Morgan fingerprint density at radius 3 is 1.69 bits per heavy atom. The number of hydrogen-bond acceptors (Lipinski definition) is 25. The van der Waals surface area contributed by atoms with Crippen LogP contribution in [0.5, 0.6) is 0 Å². The minimum atomic E-state index is -2.05. The molecule has 33 nitrogen and oxygen atoms in total. The first-order valence-electron chi connectivity index (χ1n) is 39.9. The number of ether oxygens (including phenoxy) is 14. The number of benzene rings is 2. The van der Waals surface area contributed by atoms with Crippen LogP contribution >= 0.6 is 0 Å². The van der Waals surface area contributed by atoms with Crippen LogP contribution in [-0.4, -0.2) is 266 Å². The van der Waals surface area contributed by atoms with Gasteiger partial charge in [0.15, 0.2) is 5.60 Å². The van der Waals surface area contributed by atoms with Crippen LogP contribution in [0.25, 0.3) is 22.3 Å². The number of aryl methyl sites for hydroxylation is 1. The third-order valence-electron chi connectivity index (χ3n) is 20.2. The number of amides is 7. The minimum absolute atomic E-state index is 0.0000866. The average Bonchev–Trinajstić information content (AvgIpc) is 1.59. The molecule has 1 fully saturated rings. The highest BCUT2D eigenvalue weighted by Gasteiger charge is 2.50. The van der Waals surface area contributed by atoms with E-state index < -0.39 is 90.3 Å². The number of rotatable bonds is 57. The average molecular weight is 1610 g/mol. The lowest BCUT2D eigenvalue weighted by atomic mass is 9.81. The van der Waals surface area contributed by atoms with Gasteiger partial charge in [-0.1, -0.05) is 37.3 Å². The van der Waals surface area contributed by atoms with Crippen molar-refractivity contribution in [2.45, 2.75) is 115 Å². The van der Waals surface area contributed by atoms with Crippen molar-refractivity contribution < 1.29 is 114 Å². The molecule has 2 aromatic carbocycles. The Morgan fingerprint density at radius 2 is 1.12 bits per heavy atom. The van der Waals surface area contributed by atoms with Crippen LogP contribution in [-0.2, 0) is 131 Å². The summed E-state index contributed by atoms with van der Waals surface area (Å²) < 4.78 is 93.8. The van der Waals surface area contributed by atoms with E-state index in [2.05, 4.69) is 49.1 Å². The lowest BCUT2D eigenvalue weighted by Gasteiger charge is -2.31. The Kier molecular flexibility index (Phi) is 38.8. The summed E-state index contributed by atoms with van der Waals surface area (Å²) in [6, 6.07) is 10.1. The van der Waals surface area contributed by atoms with Crippen LogP contribution in [0.2, 0.25) is 0 Å². The molecule has 9 rings (SSSR count). The molecule has 5 aliphatic rings. The maximum absolute atomic E-state index is 15.5. The lowest BCUT2D eigenvalue weighted by molar-refractivity contribution is -0.172. The highest BCUT2D eigenvalue weighted by Crippen LogP contribution is 2.52. The monoisotopic (exact) mass is 1610 g/mol. The summed E-state index contributed by atoms with van der Waals surface area (Å²) in [4.78, 5) is 122. The maximum atomic E-state index is 15.5. The number of cyclic esters (lactones) is 1. The smallest absolute Gasteiger partial charge is 0.407 e. The maximum Gasteiger partial charge on any atom is 0.407 e. The minimum Gasteiger partial charge on any atom is -0.458 e. The molecule has 8 N–H and O–H groups in total. The fraction of sp³-hybridized carbons (Fsp3) is 0.630. The third-order valence-corrected chi connectivity index (χ3v) is 20.2. The highest BCUT2D eigenvalue weighted by atomic mass is 19.1. The van der Waals surface area contributed by atoms with Crippen molar-refractivity contribution >= 4 is 58.4 Å². The molecule has 0 spiro atoms. The molecule has 7 amide bonds. The van der Waals surface area contributed by atoms with Crippen LogP contribution in [0.1, 0.15) is 110 Å². The molecule has 2 aliphatic heterocycles. The molecule has 0 saturated heterocycles. The molecule has 2 aromatic heterocycles. The van der Waals surface area contributed by atoms with Crippen molar-refractivity contribution in [1.82, 2.24) is 46.8 Å². The number of halogens is 1. The predicted molar refractivity (Wildman–Crippen MR) is 412 cm³/mol. The zero-order valence-corrected chi connectivity index (χ0v) is 65.9. The molecule has 4 aromatic rings. The van der Waals surface area contributed by atoms with Gasteiger partial charge in [0.25, 0.3) is 5.56 Å². The fourth-order valence-corrected chi connectivity index (χ4v) is 14.0. The van der Waals surface area contributed by atoms with Crippen LogP contribution in [0.15, 0.2) is 47.3 Å². The van der Waals surface area contributed by atoms with Gasteiger partial charge in [-0.2, -0.15) is 0 Å². The van der Waals surface area contributed by atoms with Gasteiger partial charge in [0.2, 0.25) is 35.4 Å². The first-order chi connectivity index (χ1) is 56.0. The SMILES string of the molecule is CC[C@@]1(O)C(=O)OCc2c1cc1n(c2=O)Cc2c-1nc1cc(F)c(C)c3c1c2[C@@H](NC(=O)CCCNC(=O)CNC(=O)[C@@H](Cc1ccccc1)NC(=O)CNC(=O)CNC(=O)CCOCCOCCOCCOCCOCCOCCOCCOCCOCCOCCOCCOCCNC(=O)OCC1C2CCC#CCCC21)CC3. The third kappa shape index (κ3) is 29.2. The molecule has 115 heavy (non-hydrogen) atoms. The van der Waals surface area contributed by atoms with Gasteiger partial charge in [-0.05, 0) is 91.5 Å². The van der Waals surface area contributed by atoms with Crippen LogP contribution in [0.4, 0.5) is 9.18 Å². The van der Waals surface area contributed by atoms with Gasteiger partial charge in [-0.3, -0.25) is 33.6 Å². The van der Waals surface area contributed by atoms with Crippen molar-refractivity contribution in [3.63, 3.8) is 0 Å². The van der Waals surface area contributed by atoms with Crippen molar-refractivity contribution in [1.29, 1.82) is 0 Å². The van der Waals surface area contributed by atoms with E-state index in [4.69, 9.17) is 71.3 Å². The van der Waals surface area contributed by atoms with E-state index in [9.17, 15) is 48.3 Å². The fourth-order valence-electron chi connectivity index (χ4n) is 14.0. The van der Waals surface area contributed by atoms with Crippen LogP contribution in [0.3, 0.4) is 0 Å². The lowest BCUT2D eigenvalue weighted by Crippen LogP contribution is -2.52. The Bertz CT molecular complexity index is 3940. The number of hydrogen-bond donors (Lipinski definition) is 8. The van der Waals surface area contributed by atoms with Crippen LogP contribution in [0, 0.1) is 42.3 Å². The number of aromatic nitrogens is 2. The number of alkyl carbamates (subject to hydrolysis) is 1. The topological polar surface area (TPSA) is 405 Å². The number of fused-ring (bicyclic) bond motifs is 6. The number of esters is 1. The Labute approximate surface area is 668 Å². The van der Waals surface area contributed by atoms with Gasteiger partial charge in [0.1, 0.15) is 18.5 Å². The van der Waals surface area contributed by atoms with Crippen LogP contribution < -0.4 is 42.8 Å². The van der Waals surface area contributed by atoms with Crippen molar-refractivity contribution in [2.24, 2.45) is 17.8 Å². The normalized spacial score (nSPS) is 17.7. The first kappa shape index (κ1) is 90.2. The second kappa shape index (κ2) is 49.4. The van der Waals surface area contributed by atoms with Gasteiger partial charge in [-0.25, -0.2) is 19.0 Å². The van der Waals surface area contributed by atoms with Gasteiger partial charge in [0.05, 0.1) is 220 Å². The van der Waals surface area contributed by atoms with Gasteiger partial charge in [-0.15, -0.1) is 11.8 Å². The number of carbonyl (C=O) groups is 8. The highest BCUT2D eigenvalue weighted by molar-refractivity contribution is 5.95. The van der Waals surface area contributed by atoms with E-state index in [0.717, 1.165) is 31.2 Å².